The molecule has 0 radical (unpaired) electrons. The van der Waals surface area contributed by atoms with Crippen molar-refractivity contribution in [3.05, 3.63) is 41.0 Å². The minimum absolute atomic E-state index is 0.765. The zero-order valence-electron chi connectivity index (χ0n) is 7.32. The molecule has 1 aromatic heterocycles. The fraction of sp³-hybridized carbons (Fsp3) is 0.100. The Morgan fingerprint density at radius 3 is 2.46 bits per heavy atom. The van der Waals surface area contributed by atoms with E-state index >= 15 is 0 Å². The maximum atomic E-state index is 5.04. The van der Waals surface area contributed by atoms with Crippen LogP contribution in [0.15, 0.2) is 36.4 Å². The number of nitrogens with zero attached hydrogens (tertiary/aromatic N) is 1. The van der Waals surface area contributed by atoms with Crippen LogP contribution in [0.1, 0.15) is 0 Å². The Bertz CT molecular complexity index is 453. The largest absolute Gasteiger partial charge is 0.289 e. The smallest absolute Gasteiger partial charge is 0.120 e. The third-order valence-corrected chi connectivity index (χ3v) is 2.19. The van der Waals surface area contributed by atoms with Crippen molar-refractivity contribution in [1.82, 2.24) is 9.78 Å². The van der Waals surface area contributed by atoms with E-state index in [1.807, 2.05) is 36.0 Å². The zero-order valence-corrected chi connectivity index (χ0v) is 8.14. The molecule has 0 aliphatic rings. The summed E-state index contributed by atoms with van der Waals surface area (Å²) in [4.78, 5) is 0. The van der Waals surface area contributed by atoms with Gasteiger partial charge >= 0.3 is 0 Å². The molecule has 0 spiro atoms. The lowest BCUT2D eigenvalue weighted by Gasteiger charge is -2.00. The molecule has 2 nitrogen and oxygen atoms in total. The van der Waals surface area contributed by atoms with Gasteiger partial charge in [0.15, 0.2) is 0 Å². The molecule has 3 heteroatoms. The van der Waals surface area contributed by atoms with Gasteiger partial charge in [-0.25, -0.2) is 0 Å². The van der Waals surface area contributed by atoms with Crippen LogP contribution in [0.3, 0.4) is 0 Å². The fourth-order valence-corrected chi connectivity index (χ4v) is 1.61. The molecule has 0 bridgehead atoms. The van der Waals surface area contributed by atoms with Gasteiger partial charge in [0.25, 0.3) is 0 Å². The predicted molar refractivity (Wildman–Crippen MR) is 56.0 cm³/mol. The van der Waals surface area contributed by atoms with E-state index in [2.05, 4.69) is 17.2 Å². The SMILES string of the molecule is Cn1[nH]c(=S)cc1-c1ccccc1. The molecule has 0 unspecified atom stereocenters. The van der Waals surface area contributed by atoms with Gasteiger partial charge in [0.1, 0.15) is 4.64 Å². The standard InChI is InChI=1S/C10H10N2S/c1-12-9(7-10(13)11-12)8-5-3-2-4-6-8/h2-7H,1H3,(H,11,13). The second kappa shape index (κ2) is 3.18. The van der Waals surface area contributed by atoms with E-state index in [-0.39, 0.29) is 0 Å². The highest BCUT2D eigenvalue weighted by Crippen LogP contribution is 2.17. The monoisotopic (exact) mass is 190 g/mol. The molecule has 66 valence electrons. The van der Waals surface area contributed by atoms with Crippen molar-refractivity contribution in [1.29, 1.82) is 0 Å². The van der Waals surface area contributed by atoms with Crippen LogP contribution in [0.4, 0.5) is 0 Å². The lowest BCUT2D eigenvalue weighted by molar-refractivity contribution is 0.771. The third-order valence-electron chi connectivity index (χ3n) is 1.98. The number of H-pyrrole nitrogens is 1. The fourth-order valence-electron chi connectivity index (χ4n) is 1.36. The van der Waals surface area contributed by atoms with E-state index in [0.717, 1.165) is 10.3 Å². The first-order valence-corrected chi connectivity index (χ1v) is 4.49. The first kappa shape index (κ1) is 8.26. The molecule has 0 fully saturated rings. The lowest BCUT2D eigenvalue weighted by Crippen LogP contribution is -1.92. The van der Waals surface area contributed by atoms with Crippen molar-refractivity contribution in [2.45, 2.75) is 0 Å². The number of nitrogens with one attached hydrogen (secondary N) is 1. The van der Waals surface area contributed by atoms with Crippen molar-refractivity contribution in [2.75, 3.05) is 0 Å². The quantitative estimate of drug-likeness (QED) is 0.686. The summed E-state index contributed by atoms with van der Waals surface area (Å²) in [7, 11) is 1.96. The topological polar surface area (TPSA) is 20.7 Å². The van der Waals surface area contributed by atoms with Crippen LogP contribution in [0.25, 0.3) is 11.3 Å². The minimum atomic E-state index is 0.765. The number of rotatable bonds is 1. The summed E-state index contributed by atoms with van der Waals surface area (Å²) in [6, 6.07) is 12.1. The molecule has 13 heavy (non-hydrogen) atoms. The molecule has 0 saturated carbocycles. The molecule has 1 N–H and O–H groups in total. The molecule has 1 heterocycles. The molecule has 0 amide bonds. The van der Waals surface area contributed by atoms with Crippen LogP contribution < -0.4 is 0 Å². The average Bonchev–Trinajstić information content (AvgIpc) is 2.47. The summed E-state index contributed by atoms with van der Waals surface area (Å²) in [5, 5.41) is 3.04. The zero-order chi connectivity index (χ0) is 9.26. The predicted octanol–water partition coefficient (Wildman–Crippen LogP) is 2.75. The van der Waals surface area contributed by atoms with Gasteiger partial charge in [-0.1, -0.05) is 42.5 Å². The molecule has 0 atom stereocenters. The van der Waals surface area contributed by atoms with Crippen LogP contribution >= 0.6 is 12.2 Å². The van der Waals surface area contributed by atoms with Crippen molar-refractivity contribution >= 4 is 12.2 Å². The Labute approximate surface area is 81.8 Å². The highest BCUT2D eigenvalue weighted by molar-refractivity contribution is 7.71. The number of aryl methyl sites for hydroxylation is 1. The van der Waals surface area contributed by atoms with E-state index in [0.29, 0.717) is 0 Å². The molecule has 1 aromatic carbocycles. The molecule has 0 aliphatic heterocycles. The van der Waals surface area contributed by atoms with Gasteiger partial charge in [0, 0.05) is 7.05 Å². The summed E-state index contributed by atoms with van der Waals surface area (Å²) in [5.74, 6) is 0. The van der Waals surface area contributed by atoms with Crippen LogP contribution in [0.5, 0.6) is 0 Å². The summed E-state index contributed by atoms with van der Waals surface area (Å²) in [5.41, 5.74) is 2.29. The molecular formula is C10H10N2S. The third kappa shape index (κ3) is 1.55. The van der Waals surface area contributed by atoms with E-state index in [1.54, 1.807) is 0 Å². The highest BCUT2D eigenvalue weighted by Gasteiger charge is 2.00. The van der Waals surface area contributed by atoms with E-state index < -0.39 is 0 Å². The Balaban J connectivity index is 2.59. The molecular weight excluding hydrogens is 180 g/mol. The van der Waals surface area contributed by atoms with Gasteiger partial charge in [0.05, 0.1) is 5.69 Å². The Morgan fingerprint density at radius 2 is 1.92 bits per heavy atom. The van der Waals surface area contributed by atoms with Crippen molar-refractivity contribution in [2.24, 2.45) is 7.05 Å². The number of hydrogen-bond donors (Lipinski definition) is 1. The van der Waals surface area contributed by atoms with Gasteiger partial charge < -0.3 is 0 Å². The van der Waals surface area contributed by atoms with Crippen molar-refractivity contribution in [3.63, 3.8) is 0 Å². The van der Waals surface area contributed by atoms with Crippen LogP contribution in [-0.2, 0) is 7.05 Å². The summed E-state index contributed by atoms with van der Waals surface area (Å²) >= 11 is 5.04. The summed E-state index contributed by atoms with van der Waals surface area (Å²) < 4.78 is 2.69. The van der Waals surface area contributed by atoms with Crippen LogP contribution in [0.2, 0.25) is 0 Å². The van der Waals surface area contributed by atoms with Gasteiger partial charge in [-0.3, -0.25) is 9.78 Å². The van der Waals surface area contributed by atoms with Crippen LogP contribution in [0, 0.1) is 4.64 Å². The second-order valence-electron chi connectivity index (χ2n) is 2.93. The Morgan fingerprint density at radius 1 is 1.23 bits per heavy atom. The maximum Gasteiger partial charge on any atom is 0.120 e. The number of aromatic nitrogens is 2. The van der Waals surface area contributed by atoms with Crippen molar-refractivity contribution in [3.8, 4) is 11.3 Å². The van der Waals surface area contributed by atoms with Gasteiger partial charge in [-0.2, -0.15) is 0 Å². The number of hydrogen-bond acceptors (Lipinski definition) is 1. The Kier molecular flexibility index (Phi) is 2.02. The first-order chi connectivity index (χ1) is 6.27. The molecule has 2 aromatic rings. The molecule has 2 rings (SSSR count). The van der Waals surface area contributed by atoms with E-state index in [9.17, 15) is 0 Å². The number of aromatic amines is 1. The normalized spacial score (nSPS) is 10.2. The minimum Gasteiger partial charge on any atom is -0.289 e. The maximum absolute atomic E-state index is 5.04. The van der Waals surface area contributed by atoms with Gasteiger partial charge in [0.2, 0.25) is 0 Å². The number of benzene rings is 1. The lowest BCUT2D eigenvalue weighted by atomic mass is 10.1. The summed E-state index contributed by atoms with van der Waals surface area (Å²) in [6.45, 7) is 0. The summed E-state index contributed by atoms with van der Waals surface area (Å²) in [6.07, 6.45) is 0. The highest BCUT2D eigenvalue weighted by atomic mass is 32.1. The average molecular weight is 190 g/mol. The van der Waals surface area contributed by atoms with E-state index in [1.165, 1.54) is 5.56 Å². The van der Waals surface area contributed by atoms with E-state index in [4.69, 9.17) is 12.2 Å². The second-order valence-corrected chi connectivity index (χ2v) is 3.37. The van der Waals surface area contributed by atoms with Gasteiger partial charge in [-0.05, 0) is 11.6 Å². The first-order valence-electron chi connectivity index (χ1n) is 4.09. The molecule has 0 saturated heterocycles. The van der Waals surface area contributed by atoms with Crippen LogP contribution in [-0.4, -0.2) is 9.78 Å². The molecule has 0 aliphatic carbocycles. The Hall–Kier alpha value is -1.35. The van der Waals surface area contributed by atoms with Crippen molar-refractivity contribution < 1.29 is 0 Å². The van der Waals surface area contributed by atoms with Gasteiger partial charge in [-0.15, -0.1) is 0 Å².